The minimum absolute atomic E-state index is 0.174. The number of rotatable bonds is 1. The summed E-state index contributed by atoms with van der Waals surface area (Å²) in [6, 6.07) is -0.174. The molecule has 1 spiro atoms. The number of likely N-dealkylation sites (N-methyl/N-ethyl adjacent to an activating group) is 1. The third kappa shape index (κ3) is 1.60. The number of hydrogen-bond donors (Lipinski definition) is 1. The molecule has 2 atom stereocenters. The number of nitrogens with zero attached hydrogens (tertiary/aromatic N) is 2. The molecule has 0 bridgehead atoms. The molecule has 0 saturated heterocycles. The molecule has 0 aromatic rings. The molecule has 2 amide bonds. The van der Waals surface area contributed by atoms with Crippen LogP contribution in [0.3, 0.4) is 0 Å². The van der Waals surface area contributed by atoms with E-state index in [0.29, 0.717) is 5.84 Å². The van der Waals surface area contributed by atoms with E-state index in [1.165, 1.54) is 12.8 Å². The van der Waals surface area contributed by atoms with E-state index in [-0.39, 0.29) is 11.6 Å². The average Bonchev–Trinajstić information content (AvgIpc) is 2.49. The van der Waals surface area contributed by atoms with Gasteiger partial charge in [0.05, 0.1) is 0 Å². The summed E-state index contributed by atoms with van der Waals surface area (Å²) in [7, 11) is 1.83. The van der Waals surface area contributed by atoms with Crippen LogP contribution in [-0.2, 0) is 0 Å². The van der Waals surface area contributed by atoms with Gasteiger partial charge < -0.3 is 10.6 Å². The zero-order valence-electron chi connectivity index (χ0n) is 10.2. The number of urea groups is 1. The van der Waals surface area contributed by atoms with Crippen molar-refractivity contribution in [2.75, 3.05) is 7.05 Å². The Labute approximate surface area is 96.9 Å². The van der Waals surface area contributed by atoms with Crippen molar-refractivity contribution in [1.82, 2.24) is 4.90 Å². The van der Waals surface area contributed by atoms with E-state index in [4.69, 9.17) is 5.73 Å². The van der Waals surface area contributed by atoms with Crippen molar-refractivity contribution in [3.05, 3.63) is 0 Å². The zero-order chi connectivity index (χ0) is 11.8. The van der Waals surface area contributed by atoms with Crippen molar-refractivity contribution in [3.63, 3.8) is 0 Å². The van der Waals surface area contributed by atoms with E-state index < -0.39 is 0 Å². The highest BCUT2D eigenvalue weighted by molar-refractivity contribution is 6.05. The minimum atomic E-state index is -0.263. The summed E-state index contributed by atoms with van der Waals surface area (Å²) in [4.78, 5) is 17.3. The second-order valence-corrected chi connectivity index (χ2v) is 5.08. The van der Waals surface area contributed by atoms with Gasteiger partial charge in [0, 0.05) is 7.05 Å². The number of carbonyl (C=O) groups is 1. The van der Waals surface area contributed by atoms with Crippen LogP contribution in [0.1, 0.15) is 45.4 Å². The quantitative estimate of drug-likeness (QED) is 0.740. The Morgan fingerprint density at radius 3 is 2.81 bits per heavy atom. The molecule has 4 heteroatoms. The molecule has 1 heterocycles. The Kier molecular flexibility index (Phi) is 2.91. The van der Waals surface area contributed by atoms with Gasteiger partial charge in [-0.05, 0) is 25.2 Å². The third-order valence-electron chi connectivity index (χ3n) is 4.37. The molecule has 1 aliphatic carbocycles. The summed E-state index contributed by atoms with van der Waals surface area (Å²) in [5, 5.41) is 0. The van der Waals surface area contributed by atoms with Gasteiger partial charge in [0.25, 0.3) is 0 Å². The molecule has 16 heavy (non-hydrogen) atoms. The molecule has 1 saturated carbocycles. The number of amidine groups is 1. The van der Waals surface area contributed by atoms with Crippen molar-refractivity contribution >= 4 is 11.9 Å². The third-order valence-corrected chi connectivity index (χ3v) is 4.37. The number of carbonyl (C=O) groups excluding carboxylic acids is 1. The molecule has 0 aromatic heterocycles. The maximum atomic E-state index is 11.6. The normalized spacial score (nSPS) is 35.4. The highest BCUT2D eigenvalue weighted by atomic mass is 16.2. The summed E-state index contributed by atoms with van der Waals surface area (Å²) in [6.45, 7) is 2.24. The lowest BCUT2D eigenvalue weighted by Crippen LogP contribution is -2.52. The highest BCUT2D eigenvalue weighted by Gasteiger charge is 2.46. The van der Waals surface area contributed by atoms with Crippen molar-refractivity contribution in [2.45, 2.75) is 51.0 Å². The lowest BCUT2D eigenvalue weighted by atomic mass is 9.87. The van der Waals surface area contributed by atoms with Gasteiger partial charge in [-0.1, -0.05) is 26.2 Å². The lowest BCUT2D eigenvalue weighted by Gasteiger charge is -2.34. The Morgan fingerprint density at radius 2 is 2.25 bits per heavy atom. The second-order valence-electron chi connectivity index (χ2n) is 5.08. The Bertz CT molecular complexity index is 326. The largest absolute Gasteiger partial charge is 0.385 e. The molecule has 2 rings (SSSR count). The standard InChI is InChI=1S/C12H21N3O/c1-3-9-5-4-7-12(8-6-9)10(13)14-11(16)15(12)2/h9H,3-8H2,1-2H3,(H2,13,14,16). The van der Waals surface area contributed by atoms with Gasteiger partial charge in [-0.15, -0.1) is 0 Å². The van der Waals surface area contributed by atoms with Crippen molar-refractivity contribution < 1.29 is 4.79 Å². The molecule has 1 aliphatic heterocycles. The summed E-state index contributed by atoms with van der Waals surface area (Å²) >= 11 is 0. The fraction of sp³-hybridized carbons (Fsp3) is 0.833. The first-order valence-corrected chi connectivity index (χ1v) is 6.22. The molecule has 90 valence electrons. The van der Waals surface area contributed by atoms with Crippen LogP contribution in [0.15, 0.2) is 4.99 Å². The molecule has 1 fully saturated rings. The Morgan fingerprint density at radius 1 is 1.50 bits per heavy atom. The van der Waals surface area contributed by atoms with Crippen LogP contribution in [0.2, 0.25) is 0 Å². The minimum Gasteiger partial charge on any atom is -0.385 e. The van der Waals surface area contributed by atoms with Gasteiger partial charge in [-0.2, -0.15) is 4.99 Å². The SMILES string of the molecule is CCC1CCCC2(CC1)C(N)=NC(=O)N2C. The number of amides is 2. The monoisotopic (exact) mass is 223 g/mol. The van der Waals surface area contributed by atoms with Crippen molar-refractivity contribution in [2.24, 2.45) is 16.6 Å². The van der Waals surface area contributed by atoms with Crippen LogP contribution in [0.5, 0.6) is 0 Å². The van der Waals surface area contributed by atoms with Crippen LogP contribution >= 0.6 is 0 Å². The molecule has 4 nitrogen and oxygen atoms in total. The molecule has 2 aliphatic rings. The average molecular weight is 223 g/mol. The fourth-order valence-corrected chi connectivity index (χ4v) is 3.03. The molecule has 2 unspecified atom stereocenters. The maximum absolute atomic E-state index is 11.6. The summed E-state index contributed by atoms with van der Waals surface area (Å²) in [5.74, 6) is 1.33. The number of nitrogens with two attached hydrogens (primary N) is 1. The predicted octanol–water partition coefficient (Wildman–Crippen LogP) is 2.14. The van der Waals surface area contributed by atoms with Crippen molar-refractivity contribution in [1.29, 1.82) is 0 Å². The van der Waals surface area contributed by atoms with Gasteiger partial charge >= 0.3 is 6.03 Å². The summed E-state index contributed by atoms with van der Waals surface area (Å²) in [6.07, 6.45) is 6.74. The van der Waals surface area contributed by atoms with Gasteiger partial charge in [0.15, 0.2) is 0 Å². The maximum Gasteiger partial charge on any atom is 0.345 e. The molecule has 0 aromatic carbocycles. The number of aliphatic imine (C=N–C) groups is 1. The Hall–Kier alpha value is -1.06. The molecular weight excluding hydrogens is 202 g/mol. The molecular formula is C12H21N3O. The molecule has 0 radical (unpaired) electrons. The number of hydrogen-bond acceptors (Lipinski definition) is 2. The first-order chi connectivity index (χ1) is 7.60. The Balaban J connectivity index is 2.19. The lowest BCUT2D eigenvalue weighted by molar-refractivity contribution is 0.180. The van der Waals surface area contributed by atoms with E-state index in [0.717, 1.165) is 31.6 Å². The topological polar surface area (TPSA) is 58.7 Å². The van der Waals surface area contributed by atoms with Gasteiger partial charge in [-0.25, -0.2) is 4.79 Å². The smallest absolute Gasteiger partial charge is 0.345 e. The van der Waals surface area contributed by atoms with E-state index in [1.54, 1.807) is 4.90 Å². The molecule has 2 N–H and O–H groups in total. The van der Waals surface area contributed by atoms with E-state index in [1.807, 2.05) is 7.05 Å². The van der Waals surface area contributed by atoms with E-state index in [9.17, 15) is 4.79 Å². The summed E-state index contributed by atoms with van der Waals surface area (Å²) in [5.41, 5.74) is 5.71. The van der Waals surface area contributed by atoms with Gasteiger partial charge in [-0.3, -0.25) is 0 Å². The van der Waals surface area contributed by atoms with Crippen LogP contribution in [0.25, 0.3) is 0 Å². The van der Waals surface area contributed by atoms with Crippen LogP contribution in [0, 0.1) is 5.92 Å². The van der Waals surface area contributed by atoms with Crippen molar-refractivity contribution in [3.8, 4) is 0 Å². The van der Waals surface area contributed by atoms with E-state index in [2.05, 4.69) is 11.9 Å². The fourth-order valence-electron chi connectivity index (χ4n) is 3.03. The second kappa shape index (κ2) is 4.07. The summed E-state index contributed by atoms with van der Waals surface area (Å²) < 4.78 is 0. The van der Waals surface area contributed by atoms with Crippen LogP contribution < -0.4 is 5.73 Å². The van der Waals surface area contributed by atoms with E-state index >= 15 is 0 Å². The van der Waals surface area contributed by atoms with Crippen LogP contribution in [-0.4, -0.2) is 29.4 Å². The predicted molar refractivity (Wildman–Crippen MR) is 64.4 cm³/mol. The zero-order valence-corrected chi connectivity index (χ0v) is 10.2. The first-order valence-electron chi connectivity index (χ1n) is 6.22. The van der Waals surface area contributed by atoms with Gasteiger partial charge in [0.1, 0.15) is 11.4 Å². The first kappa shape index (κ1) is 11.4. The van der Waals surface area contributed by atoms with Crippen LogP contribution in [0.4, 0.5) is 4.79 Å². The highest BCUT2D eigenvalue weighted by Crippen LogP contribution is 2.38. The van der Waals surface area contributed by atoms with Gasteiger partial charge in [0.2, 0.25) is 0 Å².